The van der Waals surface area contributed by atoms with Crippen molar-refractivity contribution >= 4 is 63.7 Å². The third-order valence-electron chi connectivity index (χ3n) is 13.2. The zero-order chi connectivity index (χ0) is 46.9. The fourth-order valence-corrected chi connectivity index (χ4v) is 12.4. The predicted octanol–water partition coefficient (Wildman–Crippen LogP) is 11.4. The van der Waals surface area contributed by atoms with Gasteiger partial charge in [-0.2, -0.15) is 0 Å². The summed E-state index contributed by atoms with van der Waals surface area (Å²) >= 11 is 15.2. The van der Waals surface area contributed by atoms with Crippen molar-refractivity contribution in [3.8, 4) is 11.5 Å². The van der Waals surface area contributed by atoms with Crippen molar-refractivity contribution in [1.82, 2.24) is 19.6 Å². The Balaban J connectivity index is 0.817. The van der Waals surface area contributed by atoms with E-state index in [0.717, 1.165) is 81.4 Å². The Morgan fingerprint density at radius 2 is 0.716 bits per heavy atom. The van der Waals surface area contributed by atoms with Gasteiger partial charge in [-0.3, -0.25) is 19.6 Å². The molecule has 2 saturated heterocycles. The number of nitrogens with zero attached hydrogens (tertiary/aromatic N) is 4. The quantitative estimate of drug-likeness (QED) is 0.0882. The van der Waals surface area contributed by atoms with E-state index in [-0.39, 0.29) is 25.3 Å². The lowest BCUT2D eigenvalue weighted by Crippen LogP contribution is -2.50. The summed E-state index contributed by atoms with van der Waals surface area (Å²) in [4.78, 5) is 9.76. The van der Waals surface area contributed by atoms with Crippen molar-refractivity contribution in [2.75, 3.05) is 78.7 Å². The van der Waals surface area contributed by atoms with Crippen molar-refractivity contribution < 1.29 is 19.7 Å². The highest BCUT2D eigenvalue weighted by atomic mass is 79.9. The summed E-state index contributed by atoms with van der Waals surface area (Å²) in [7, 11) is 0. The summed E-state index contributed by atoms with van der Waals surface area (Å²) in [5.41, 5.74) is 6.93. The molecule has 0 spiro atoms. The molecule has 0 aromatic heterocycles. The number of aliphatic hydroxyl groups excluding tert-OH is 2. The first kappa shape index (κ1) is 50.0. The van der Waals surface area contributed by atoms with Crippen LogP contribution in [0.25, 0.3) is 0 Å². The Kier molecular flexibility index (Phi) is 17.5. The third-order valence-corrected chi connectivity index (χ3v) is 15.6. The first-order valence-corrected chi connectivity index (χ1v) is 26.3. The number of benzene rings is 6. The molecular weight excluding hydrogens is 1100 g/mol. The van der Waals surface area contributed by atoms with Crippen molar-refractivity contribution in [3.05, 3.63) is 197 Å². The minimum Gasteiger partial charge on any atom is -0.488 e. The molecule has 352 valence electrons. The number of β-amino-alcohol motifs (C(OH)–C–C–N with tert-alkyl or cyclic N) is 2. The molecule has 0 saturated carbocycles. The maximum atomic E-state index is 11.2. The second kappa shape index (κ2) is 23.5. The van der Waals surface area contributed by atoms with Gasteiger partial charge in [0.05, 0.1) is 30.0 Å². The number of hydrogen-bond acceptors (Lipinski definition) is 8. The molecule has 0 aliphatic carbocycles. The van der Waals surface area contributed by atoms with E-state index in [1.807, 2.05) is 0 Å². The lowest BCUT2D eigenvalue weighted by Gasteiger charge is -2.40. The van der Waals surface area contributed by atoms with Crippen molar-refractivity contribution in [2.45, 2.75) is 43.6 Å². The van der Waals surface area contributed by atoms with E-state index < -0.39 is 17.6 Å². The Morgan fingerprint density at radius 3 is 0.985 bits per heavy atom. The van der Waals surface area contributed by atoms with Crippen LogP contribution in [0.4, 0.5) is 0 Å². The fraction of sp³-hybridized carbons (Fsp3) is 0.345. The number of aliphatic hydroxyl groups is 2. The Bertz CT molecular complexity index is 2190. The normalized spacial score (nSPS) is 16.6. The van der Waals surface area contributed by atoms with Crippen LogP contribution < -0.4 is 9.47 Å². The van der Waals surface area contributed by atoms with Gasteiger partial charge in [0.25, 0.3) is 0 Å². The van der Waals surface area contributed by atoms with Crippen LogP contribution in [0.5, 0.6) is 11.5 Å². The number of rotatable bonds is 18. The molecule has 0 radical (unpaired) electrons. The second-order valence-corrected chi connectivity index (χ2v) is 21.6. The molecule has 2 atom stereocenters. The molecule has 2 heterocycles. The lowest BCUT2D eigenvalue weighted by molar-refractivity contribution is 0.0397. The molecule has 2 fully saturated rings. The molecule has 2 aliphatic heterocycles. The first-order chi connectivity index (χ1) is 32.4. The van der Waals surface area contributed by atoms with Crippen LogP contribution in [0.3, 0.4) is 0 Å². The highest BCUT2D eigenvalue weighted by Crippen LogP contribution is 2.44. The van der Waals surface area contributed by atoms with Crippen molar-refractivity contribution in [2.24, 2.45) is 0 Å². The van der Waals surface area contributed by atoms with E-state index in [9.17, 15) is 10.2 Å². The van der Waals surface area contributed by atoms with Crippen LogP contribution >= 0.6 is 63.7 Å². The zero-order valence-corrected chi connectivity index (χ0v) is 44.5. The maximum Gasteiger partial charge on any atom is 0.147 e. The van der Waals surface area contributed by atoms with Crippen LogP contribution in [0, 0.1) is 0 Å². The molecule has 8 rings (SSSR count). The van der Waals surface area contributed by atoms with Gasteiger partial charge in [-0.15, -0.1) is 0 Å². The van der Waals surface area contributed by atoms with Gasteiger partial charge in [-0.05, 0) is 121 Å². The molecule has 12 heteroatoms. The minimum absolute atomic E-state index is 0.174. The van der Waals surface area contributed by atoms with Crippen LogP contribution in [0.1, 0.15) is 59.3 Å². The van der Waals surface area contributed by atoms with Crippen molar-refractivity contribution in [3.63, 3.8) is 0 Å². The van der Waals surface area contributed by atoms with Gasteiger partial charge in [0.15, 0.2) is 0 Å². The molecule has 2 unspecified atom stereocenters. The number of piperazine rings is 2. The molecule has 0 amide bonds. The predicted molar refractivity (Wildman–Crippen MR) is 284 cm³/mol. The number of ether oxygens (including phenoxy) is 2. The number of hydrogen-bond donors (Lipinski definition) is 2. The summed E-state index contributed by atoms with van der Waals surface area (Å²) in [6.45, 7) is 12.9. The average Bonchev–Trinajstić information content (AvgIpc) is 3.33. The average molecular weight is 1160 g/mol. The standard InChI is InChI=1S/C55H60Br4N4O4/c1-55(2,43-31-47(56)53(48(57)32-43)66-37-45(64)35-60-23-27-62(28-24-60)51(39-15-7-3-8-16-39)40-17-9-4-10-18-40)44-33-49(58)54(50(59)34-44)67-38-46(65)36-61-25-29-63(30-26-61)52(41-19-11-5-12-20-41)42-21-13-6-14-22-42/h3-22,31-34,45-46,51-52,64-65H,23-30,35-38H2,1-2H3. The maximum absolute atomic E-state index is 11.2. The topological polar surface area (TPSA) is 71.9 Å². The summed E-state index contributed by atoms with van der Waals surface area (Å²) < 4.78 is 15.8. The van der Waals surface area contributed by atoms with E-state index >= 15 is 0 Å². The summed E-state index contributed by atoms with van der Waals surface area (Å²) in [6, 6.07) is 51.7. The second-order valence-electron chi connectivity index (χ2n) is 18.2. The summed E-state index contributed by atoms with van der Waals surface area (Å²) in [5, 5.41) is 22.3. The lowest BCUT2D eigenvalue weighted by atomic mass is 9.78. The highest BCUT2D eigenvalue weighted by molar-refractivity contribution is 9.11. The van der Waals surface area contributed by atoms with Crippen molar-refractivity contribution in [1.29, 1.82) is 0 Å². The first-order valence-electron chi connectivity index (χ1n) is 23.2. The Hall–Kier alpha value is -3.40. The molecular formula is C55H60Br4N4O4. The van der Waals surface area contributed by atoms with Crippen LogP contribution in [0.2, 0.25) is 0 Å². The van der Waals surface area contributed by atoms with Crippen LogP contribution in [0.15, 0.2) is 163 Å². The zero-order valence-electron chi connectivity index (χ0n) is 38.2. The molecule has 0 bridgehead atoms. The van der Waals surface area contributed by atoms with E-state index in [1.165, 1.54) is 22.3 Å². The van der Waals surface area contributed by atoms with Gasteiger partial charge in [-0.1, -0.05) is 135 Å². The van der Waals surface area contributed by atoms with Gasteiger partial charge in [0.2, 0.25) is 0 Å². The summed E-state index contributed by atoms with van der Waals surface area (Å²) in [6.07, 6.45) is -1.29. The minimum atomic E-state index is -0.647. The largest absolute Gasteiger partial charge is 0.488 e. The highest BCUT2D eigenvalue weighted by Gasteiger charge is 2.31. The van der Waals surface area contributed by atoms with Gasteiger partial charge < -0.3 is 19.7 Å². The van der Waals surface area contributed by atoms with Gasteiger partial charge in [0.1, 0.15) is 36.9 Å². The van der Waals surface area contributed by atoms with Gasteiger partial charge in [-0.25, -0.2) is 0 Å². The third kappa shape index (κ3) is 12.7. The fourth-order valence-electron chi connectivity index (χ4n) is 9.52. The molecule has 2 N–H and O–H groups in total. The van der Waals surface area contributed by atoms with E-state index in [1.54, 1.807) is 0 Å². The SMILES string of the molecule is CC(C)(c1cc(Br)c(OCC(O)CN2CCN(C(c3ccccc3)c3ccccc3)CC2)c(Br)c1)c1cc(Br)c(OCC(O)CN2CCN(C(c3ccccc3)c3ccccc3)CC2)c(Br)c1. The molecule has 6 aromatic carbocycles. The monoisotopic (exact) mass is 1160 g/mol. The van der Waals surface area contributed by atoms with E-state index in [2.05, 4.69) is 243 Å². The number of halogens is 4. The van der Waals surface area contributed by atoms with Gasteiger partial charge >= 0.3 is 0 Å². The molecule has 2 aliphatic rings. The van der Waals surface area contributed by atoms with Gasteiger partial charge in [0, 0.05) is 70.9 Å². The van der Waals surface area contributed by atoms with Crippen LogP contribution in [-0.2, 0) is 5.41 Å². The smallest absolute Gasteiger partial charge is 0.147 e. The van der Waals surface area contributed by atoms with E-state index in [0.29, 0.717) is 24.6 Å². The van der Waals surface area contributed by atoms with Crippen LogP contribution in [-0.4, -0.2) is 121 Å². The Morgan fingerprint density at radius 1 is 0.448 bits per heavy atom. The van der Waals surface area contributed by atoms with E-state index in [4.69, 9.17) is 9.47 Å². The summed E-state index contributed by atoms with van der Waals surface area (Å²) in [5.74, 6) is 1.32. The molecule has 8 nitrogen and oxygen atoms in total. The molecule has 6 aromatic rings. The Labute approximate surface area is 430 Å². The molecule has 67 heavy (non-hydrogen) atoms.